The number of para-hydroxylation sites is 1. The third-order valence-electron chi connectivity index (χ3n) is 5.55. The Morgan fingerprint density at radius 3 is 2.27 bits per heavy atom. The van der Waals surface area contributed by atoms with Gasteiger partial charge in [0.2, 0.25) is 11.8 Å². The van der Waals surface area contributed by atoms with E-state index in [1.54, 1.807) is 49.6 Å². The van der Waals surface area contributed by atoms with Gasteiger partial charge in [0.15, 0.2) is 0 Å². The molecule has 30 heavy (non-hydrogen) atoms. The van der Waals surface area contributed by atoms with Crippen LogP contribution in [0.5, 0.6) is 11.5 Å². The van der Waals surface area contributed by atoms with Crippen LogP contribution in [0.15, 0.2) is 54.6 Å². The van der Waals surface area contributed by atoms with Gasteiger partial charge < -0.3 is 14.8 Å². The van der Waals surface area contributed by atoms with Crippen LogP contribution >= 0.6 is 0 Å². The van der Waals surface area contributed by atoms with Crippen molar-refractivity contribution in [2.75, 3.05) is 24.4 Å². The lowest BCUT2D eigenvalue weighted by atomic mass is 9.85. The summed E-state index contributed by atoms with van der Waals surface area (Å²) in [5.74, 6) is -0.642. The molecule has 0 saturated carbocycles. The van der Waals surface area contributed by atoms with E-state index in [0.717, 1.165) is 0 Å². The molecule has 2 aromatic carbocycles. The molecule has 3 amide bonds. The first-order valence-electron chi connectivity index (χ1n) is 9.70. The fourth-order valence-electron chi connectivity index (χ4n) is 3.99. The quantitative estimate of drug-likeness (QED) is 0.608. The summed E-state index contributed by atoms with van der Waals surface area (Å²) in [4.78, 5) is 40.2. The molecule has 0 bridgehead atoms. The van der Waals surface area contributed by atoms with Gasteiger partial charge in [0.25, 0.3) is 5.91 Å². The Hall–Kier alpha value is -3.61. The number of hydrogen-bond acceptors (Lipinski definition) is 5. The summed E-state index contributed by atoms with van der Waals surface area (Å²) in [5, 5.41) is 2.80. The molecule has 1 saturated heterocycles. The first-order valence-corrected chi connectivity index (χ1v) is 9.70. The van der Waals surface area contributed by atoms with Gasteiger partial charge in [-0.15, -0.1) is 0 Å². The number of carbonyl (C=O) groups is 3. The molecule has 0 radical (unpaired) electrons. The van der Waals surface area contributed by atoms with Crippen LogP contribution in [0.3, 0.4) is 0 Å². The Bertz CT molecular complexity index is 1020. The molecule has 154 valence electrons. The highest BCUT2D eigenvalue weighted by Crippen LogP contribution is 2.39. The van der Waals surface area contributed by atoms with Crippen molar-refractivity contribution >= 4 is 29.1 Å². The second kappa shape index (κ2) is 8.02. The zero-order valence-corrected chi connectivity index (χ0v) is 16.8. The normalized spacial score (nSPS) is 20.1. The van der Waals surface area contributed by atoms with Crippen LogP contribution in [0.2, 0.25) is 0 Å². The number of nitrogens with zero attached hydrogens (tertiary/aromatic N) is 1. The molecule has 7 nitrogen and oxygen atoms in total. The highest BCUT2D eigenvalue weighted by atomic mass is 16.5. The number of amides is 3. The zero-order valence-electron chi connectivity index (χ0n) is 16.8. The molecule has 2 atom stereocenters. The average Bonchev–Trinajstić information content (AvgIpc) is 3.04. The second-order valence-corrected chi connectivity index (χ2v) is 7.21. The van der Waals surface area contributed by atoms with Crippen molar-refractivity contribution in [2.24, 2.45) is 11.8 Å². The van der Waals surface area contributed by atoms with Crippen molar-refractivity contribution in [1.82, 2.24) is 0 Å². The Morgan fingerprint density at radius 1 is 0.967 bits per heavy atom. The van der Waals surface area contributed by atoms with Crippen molar-refractivity contribution in [2.45, 2.75) is 12.8 Å². The number of imide groups is 1. The van der Waals surface area contributed by atoms with Crippen molar-refractivity contribution < 1.29 is 23.9 Å². The number of hydrogen-bond donors (Lipinski definition) is 1. The van der Waals surface area contributed by atoms with E-state index in [1.165, 1.54) is 12.0 Å². The summed E-state index contributed by atoms with van der Waals surface area (Å²) in [6.45, 7) is 0. The standard InChI is InChI=1S/C23H22N2O5/c1-29-14-11-12-18(20(13-14)30-2)24-21(26)17-9-5-6-10-19(17)25-22(27)15-7-3-4-8-16(15)23(25)28/h3-6,9-13,15-16H,7-8H2,1-2H3,(H,24,26)/t15-,16-/m0/s1. The van der Waals surface area contributed by atoms with Crippen LogP contribution in [0.4, 0.5) is 11.4 Å². The lowest BCUT2D eigenvalue weighted by Gasteiger charge is -2.19. The van der Waals surface area contributed by atoms with Gasteiger partial charge in [-0.05, 0) is 37.1 Å². The van der Waals surface area contributed by atoms with Crippen LogP contribution in [-0.2, 0) is 9.59 Å². The molecular formula is C23H22N2O5. The highest BCUT2D eigenvalue weighted by Gasteiger charge is 2.48. The van der Waals surface area contributed by atoms with Crippen molar-refractivity contribution in [1.29, 1.82) is 0 Å². The Labute approximate surface area is 174 Å². The predicted octanol–water partition coefficient (Wildman–Crippen LogP) is 3.41. The summed E-state index contributed by atoms with van der Waals surface area (Å²) in [5.41, 5.74) is 0.991. The van der Waals surface area contributed by atoms with E-state index in [-0.39, 0.29) is 29.2 Å². The van der Waals surface area contributed by atoms with E-state index in [2.05, 4.69) is 5.32 Å². The highest BCUT2D eigenvalue weighted by molar-refractivity contribution is 6.25. The van der Waals surface area contributed by atoms with Gasteiger partial charge in [-0.1, -0.05) is 24.3 Å². The molecule has 2 aromatic rings. The lowest BCUT2D eigenvalue weighted by Crippen LogP contribution is -2.33. The van der Waals surface area contributed by atoms with Crippen LogP contribution < -0.4 is 19.7 Å². The molecule has 2 aliphatic rings. The number of rotatable bonds is 5. The molecule has 0 unspecified atom stereocenters. The number of nitrogens with one attached hydrogen (secondary N) is 1. The molecule has 1 aliphatic carbocycles. The molecule has 1 N–H and O–H groups in total. The van der Waals surface area contributed by atoms with Crippen LogP contribution in [0.25, 0.3) is 0 Å². The minimum Gasteiger partial charge on any atom is -0.497 e. The smallest absolute Gasteiger partial charge is 0.257 e. The monoisotopic (exact) mass is 406 g/mol. The molecule has 1 fully saturated rings. The maximum atomic E-state index is 13.1. The molecule has 1 aliphatic heterocycles. The summed E-state index contributed by atoms with van der Waals surface area (Å²) < 4.78 is 10.5. The van der Waals surface area contributed by atoms with Crippen LogP contribution in [0.1, 0.15) is 23.2 Å². The molecular weight excluding hydrogens is 384 g/mol. The fraction of sp³-hybridized carbons (Fsp3) is 0.261. The molecule has 0 spiro atoms. The fourth-order valence-corrected chi connectivity index (χ4v) is 3.99. The Morgan fingerprint density at radius 2 is 1.63 bits per heavy atom. The van der Waals surface area contributed by atoms with E-state index in [0.29, 0.717) is 35.7 Å². The largest absolute Gasteiger partial charge is 0.497 e. The summed E-state index contributed by atoms with van der Waals surface area (Å²) >= 11 is 0. The number of benzene rings is 2. The van der Waals surface area contributed by atoms with Gasteiger partial charge in [0.05, 0.1) is 43.0 Å². The minimum atomic E-state index is -0.442. The van der Waals surface area contributed by atoms with Gasteiger partial charge in [-0.2, -0.15) is 0 Å². The Balaban J connectivity index is 1.65. The molecule has 7 heteroatoms. The molecule has 1 heterocycles. The van der Waals surface area contributed by atoms with Crippen molar-refractivity contribution in [3.8, 4) is 11.5 Å². The van der Waals surface area contributed by atoms with E-state index in [9.17, 15) is 14.4 Å². The third kappa shape index (κ3) is 3.32. The van der Waals surface area contributed by atoms with Gasteiger partial charge >= 0.3 is 0 Å². The van der Waals surface area contributed by atoms with Crippen LogP contribution in [-0.4, -0.2) is 31.9 Å². The minimum absolute atomic E-state index is 0.240. The van der Waals surface area contributed by atoms with Crippen molar-refractivity contribution in [3.05, 3.63) is 60.2 Å². The van der Waals surface area contributed by atoms with Crippen molar-refractivity contribution in [3.63, 3.8) is 0 Å². The summed E-state index contributed by atoms with van der Waals surface area (Å²) in [7, 11) is 3.04. The predicted molar refractivity (Wildman–Crippen MR) is 112 cm³/mol. The lowest BCUT2D eigenvalue weighted by molar-refractivity contribution is -0.122. The zero-order chi connectivity index (χ0) is 21.3. The number of carbonyl (C=O) groups excluding carboxylic acids is 3. The number of ether oxygens (including phenoxy) is 2. The van der Waals surface area contributed by atoms with E-state index in [4.69, 9.17) is 9.47 Å². The SMILES string of the molecule is COc1ccc(NC(=O)c2ccccc2N2C(=O)[C@H]3CC=CC[C@@H]3C2=O)c(OC)c1. The topological polar surface area (TPSA) is 84.9 Å². The third-order valence-corrected chi connectivity index (χ3v) is 5.55. The number of methoxy groups -OCH3 is 2. The van der Waals surface area contributed by atoms with E-state index >= 15 is 0 Å². The Kier molecular flexibility index (Phi) is 5.27. The molecule has 0 aromatic heterocycles. The number of allylic oxidation sites excluding steroid dienone is 2. The van der Waals surface area contributed by atoms with Gasteiger partial charge in [0, 0.05) is 6.07 Å². The van der Waals surface area contributed by atoms with Gasteiger partial charge in [0.1, 0.15) is 11.5 Å². The first-order chi connectivity index (χ1) is 14.5. The van der Waals surface area contributed by atoms with Gasteiger partial charge in [-0.3, -0.25) is 14.4 Å². The molecule has 4 rings (SSSR count). The summed E-state index contributed by atoms with van der Waals surface area (Å²) in [6, 6.07) is 11.7. The average molecular weight is 406 g/mol. The van der Waals surface area contributed by atoms with E-state index < -0.39 is 5.91 Å². The maximum Gasteiger partial charge on any atom is 0.257 e. The number of fused-ring (bicyclic) bond motifs is 1. The van der Waals surface area contributed by atoms with Crippen LogP contribution in [0, 0.1) is 11.8 Å². The second-order valence-electron chi connectivity index (χ2n) is 7.21. The maximum absolute atomic E-state index is 13.1. The summed E-state index contributed by atoms with van der Waals surface area (Å²) in [6.07, 6.45) is 4.96. The first kappa shape index (κ1) is 19.7. The van der Waals surface area contributed by atoms with E-state index in [1.807, 2.05) is 12.2 Å². The van der Waals surface area contributed by atoms with Gasteiger partial charge in [-0.25, -0.2) is 4.90 Å². The number of anilines is 2.